The van der Waals surface area contributed by atoms with E-state index in [4.69, 9.17) is 9.15 Å². The Balaban J connectivity index is 1.73. The van der Waals surface area contributed by atoms with Gasteiger partial charge in [0.25, 0.3) is 0 Å². The summed E-state index contributed by atoms with van der Waals surface area (Å²) in [5.41, 5.74) is 0.884. The molecule has 0 spiro atoms. The first-order valence-electron chi connectivity index (χ1n) is 7.94. The lowest BCUT2D eigenvalue weighted by atomic mass is 10.2. The second-order valence-corrected chi connectivity index (χ2v) is 5.81. The first-order valence-corrected chi connectivity index (χ1v) is 7.94. The van der Waals surface area contributed by atoms with E-state index in [0.29, 0.717) is 19.7 Å². The standard InChI is InChI=1S/C18H22N2O3/c1-15-12-19(9-11-22-15)14-18(21)20(13-17-8-5-10-23-17)16-6-3-2-4-7-16/h2-8,10,15H,9,11-14H2,1H3. The molecule has 1 aliphatic rings. The number of rotatable bonds is 5. The van der Waals surface area contributed by atoms with Gasteiger partial charge in [0.2, 0.25) is 5.91 Å². The molecule has 2 heterocycles. The van der Waals surface area contributed by atoms with Crippen LogP contribution in [0.3, 0.4) is 0 Å². The van der Waals surface area contributed by atoms with E-state index in [-0.39, 0.29) is 12.0 Å². The summed E-state index contributed by atoms with van der Waals surface area (Å²) in [7, 11) is 0. The van der Waals surface area contributed by atoms with Gasteiger partial charge in [0.05, 0.1) is 32.1 Å². The Morgan fingerprint density at radius 1 is 1.26 bits per heavy atom. The van der Waals surface area contributed by atoms with Crippen molar-refractivity contribution in [3.05, 3.63) is 54.5 Å². The highest BCUT2D eigenvalue weighted by Crippen LogP contribution is 2.18. The van der Waals surface area contributed by atoms with Gasteiger partial charge in [-0.05, 0) is 31.2 Å². The molecule has 0 N–H and O–H groups in total. The lowest BCUT2D eigenvalue weighted by Crippen LogP contribution is -2.47. The molecule has 0 radical (unpaired) electrons. The van der Waals surface area contributed by atoms with E-state index in [2.05, 4.69) is 4.90 Å². The van der Waals surface area contributed by atoms with Crippen molar-refractivity contribution in [2.45, 2.75) is 19.6 Å². The number of hydrogen-bond donors (Lipinski definition) is 0. The van der Waals surface area contributed by atoms with E-state index in [1.54, 1.807) is 11.2 Å². The molecule has 5 nitrogen and oxygen atoms in total. The molecule has 0 aliphatic carbocycles. The fourth-order valence-corrected chi connectivity index (χ4v) is 2.80. The van der Waals surface area contributed by atoms with Crippen LogP contribution >= 0.6 is 0 Å². The van der Waals surface area contributed by atoms with Crippen molar-refractivity contribution in [2.24, 2.45) is 0 Å². The summed E-state index contributed by atoms with van der Waals surface area (Å²) in [5.74, 6) is 0.847. The lowest BCUT2D eigenvalue weighted by molar-refractivity contribution is -0.121. The molecule has 2 aromatic rings. The van der Waals surface area contributed by atoms with Crippen LogP contribution in [0.5, 0.6) is 0 Å². The molecular formula is C18H22N2O3. The maximum atomic E-state index is 12.8. The van der Waals surface area contributed by atoms with Crippen LogP contribution in [0.15, 0.2) is 53.1 Å². The quantitative estimate of drug-likeness (QED) is 0.851. The Labute approximate surface area is 136 Å². The molecule has 1 aromatic heterocycles. The Morgan fingerprint density at radius 3 is 2.78 bits per heavy atom. The third kappa shape index (κ3) is 4.21. The summed E-state index contributed by atoms with van der Waals surface area (Å²) >= 11 is 0. The minimum Gasteiger partial charge on any atom is -0.467 e. The zero-order chi connectivity index (χ0) is 16.1. The maximum Gasteiger partial charge on any atom is 0.241 e. The molecule has 0 bridgehead atoms. The molecule has 1 aromatic carbocycles. The average Bonchev–Trinajstić information content (AvgIpc) is 3.06. The molecule has 1 fully saturated rings. The van der Waals surface area contributed by atoms with Gasteiger partial charge in [0, 0.05) is 18.8 Å². The topological polar surface area (TPSA) is 45.9 Å². The zero-order valence-electron chi connectivity index (χ0n) is 13.4. The van der Waals surface area contributed by atoms with Gasteiger partial charge in [-0.15, -0.1) is 0 Å². The minimum atomic E-state index is 0.0710. The summed E-state index contributed by atoms with van der Waals surface area (Å²) in [6.45, 7) is 5.13. The van der Waals surface area contributed by atoms with Gasteiger partial charge >= 0.3 is 0 Å². The largest absolute Gasteiger partial charge is 0.467 e. The molecule has 23 heavy (non-hydrogen) atoms. The van der Waals surface area contributed by atoms with Crippen molar-refractivity contribution >= 4 is 11.6 Å². The Kier molecular flexibility index (Phi) is 5.10. The number of carbonyl (C=O) groups is 1. The molecule has 1 saturated heterocycles. The number of carbonyl (C=O) groups excluding carboxylic acids is 1. The van der Waals surface area contributed by atoms with E-state index in [0.717, 1.165) is 24.5 Å². The fourth-order valence-electron chi connectivity index (χ4n) is 2.80. The summed E-state index contributed by atoms with van der Waals surface area (Å²) < 4.78 is 11.0. The van der Waals surface area contributed by atoms with Gasteiger partial charge in [-0.2, -0.15) is 0 Å². The first-order chi connectivity index (χ1) is 11.2. The van der Waals surface area contributed by atoms with Crippen molar-refractivity contribution in [3.8, 4) is 0 Å². The zero-order valence-corrected chi connectivity index (χ0v) is 13.4. The Morgan fingerprint density at radius 2 is 2.09 bits per heavy atom. The summed E-state index contributed by atoms with van der Waals surface area (Å²) in [6, 6.07) is 13.4. The normalized spacial score (nSPS) is 18.7. The molecule has 1 amide bonds. The number of anilines is 1. The van der Waals surface area contributed by atoms with Crippen molar-refractivity contribution in [2.75, 3.05) is 31.1 Å². The molecule has 1 atom stereocenters. The molecule has 1 aliphatic heterocycles. The van der Waals surface area contributed by atoms with Crippen LogP contribution in [0.25, 0.3) is 0 Å². The molecule has 3 rings (SSSR count). The van der Waals surface area contributed by atoms with E-state index in [1.807, 2.05) is 49.4 Å². The van der Waals surface area contributed by atoms with Gasteiger partial charge in [-0.25, -0.2) is 0 Å². The van der Waals surface area contributed by atoms with Crippen molar-refractivity contribution in [3.63, 3.8) is 0 Å². The highest BCUT2D eigenvalue weighted by Gasteiger charge is 2.23. The van der Waals surface area contributed by atoms with Crippen molar-refractivity contribution < 1.29 is 13.9 Å². The van der Waals surface area contributed by atoms with E-state index in [9.17, 15) is 4.79 Å². The van der Waals surface area contributed by atoms with Gasteiger partial charge in [-0.3, -0.25) is 9.69 Å². The summed E-state index contributed by atoms with van der Waals surface area (Å²) in [5, 5.41) is 0. The van der Waals surface area contributed by atoms with E-state index >= 15 is 0 Å². The number of benzene rings is 1. The number of morpholine rings is 1. The van der Waals surface area contributed by atoms with Crippen LogP contribution in [0.1, 0.15) is 12.7 Å². The summed E-state index contributed by atoms with van der Waals surface area (Å²) in [4.78, 5) is 16.8. The summed E-state index contributed by atoms with van der Waals surface area (Å²) in [6.07, 6.45) is 1.80. The second-order valence-electron chi connectivity index (χ2n) is 5.81. The smallest absolute Gasteiger partial charge is 0.241 e. The maximum absolute atomic E-state index is 12.8. The second kappa shape index (κ2) is 7.44. The Hall–Kier alpha value is -2.11. The number of amides is 1. The van der Waals surface area contributed by atoms with E-state index in [1.165, 1.54) is 0 Å². The number of furan rings is 1. The highest BCUT2D eigenvalue weighted by atomic mass is 16.5. The van der Waals surface area contributed by atoms with Crippen LogP contribution in [-0.4, -0.2) is 43.2 Å². The third-order valence-corrected chi connectivity index (χ3v) is 3.95. The van der Waals surface area contributed by atoms with Gasteiger partial charge in [-0.1, -0.05) is 18.2 Å². The average molecular weight is 314 g/mol. The SMILES string of the molecule is CC1CN(CC(=O)N(Cc2ccco2)c2ccccc2)CCO1. The van der Waals surface area contributed by atoms with Crippen molar-refractivity contribution in [1.29, 1.82) is 0 Å². The Bertz CT molecular complexity index is 612. The number of para-hydroxylation sites is 1. The van der Waals surface area contributed by atoms with E-state index < -0.39 is 0 Å². The van der Waals surface area contributed by atoms with Crippen molar-refractivity contribution in [1.82, 2.24) is 4.90 Å². The van der Waals surface area contributed by atoms with Crippen LogP contribution in [0.2, 0.25) is 0 Å². The lowest BCUT2D eigenvalue weighted by Gasteiger charge is -2.32. The van der Waals surface area contributed by atoms with Gasteiger partial charge in [0.1, 0.15) is 5.76 Å². The molecular weight excluding hydrogens is 292 g/mol. The number of hydrogen-bond acceptors (Lipinski definition) is 4. The molecule has 122 valence electrons. The highest BCUT2D eigenvalue weighted by molar-refractivity contribution is 5.94. The fraction of sp³-hybridized carbons (Fsp3) is 0.389. The number of ether oxygens (including phenoxy) is 1. The van der Waals surface area contributed by atoms with Gasteiger partial charge in [0.15, 0.2) is 0 Å². The van der Waals surface area contributed by atoms with Crippen LogP contribution in [0.4, 0.5) is 5.69 Å². The predicted molar refractivity (Wildman–Crippen MR) is 88.2 cm³/mol. The van der Waals surface area contributed by atoms with Crippen LogP contribution < -0.4 is 4.90 Å². The number of nitrogens with zero attached hydrogens (tertiary/aromatic N) is 2. The minimum absolute atomic E-state index is 0.0710. The van der Waals surface area contributed by atoms with Gasteiger partial charge < -0.3 is 14.1 Å². The first kappa shape index (κ1) is 15.8. The van der Waals surface area contributed by atoms with Crippen LogP contribution in [-0.2, 0) is 16.1 Å². The predicted octanol–water partition coefficient (Wildman–Crippen LogP) is 2.53. The molecule has 1 unspecified atom stereocenters. The molecule has 5 heteroatoms. The third-order valence-electron chi connectivity index (χ3n) is 3.95. The monoisotopic (exact) mass is 314 g/mol. The van der Waals surface area contributed by atoms with Crippen LogP contribution in [0, 0.1) is 0 Å². The molecule has 0 saturated carbocycles.